The number of benzene rings is 2. The van der Waals surface area contributed by atoms with E-state index in [0.29, 0.717) is 34.9 Å². The average Bonchev–Trinajstić information content (AvgIpc) is 2.77. The minimum atomic E-state index is -0.351. The first kappa shape index (κ1) is 19.9. The molecule has 29 heavy (non-hydrogen) atoms. The Morgan fingerprint density at radius 3 is 2.31 bits per heavy atom. The number of ether oxygens (including phenoxy) is 2. The molecule has 0 saturated carbocycles. The first-order valence-electron chi connectivity index (χ1n) is 8.92. The van der Waals surface area contributed by atoms with Crippen molar-refractivity contribution in [2.24, 2.45) is 0 Å². The molecule has 2 amide bonds. The molecule has 0 unspecified atom stereocenters. The van der Waals surface area contributed by atoms with Crippen LogP contribution in [0, 0.1) is 0 Å². The zero-order chi connectivity index (χ0) is 20.6. The molecule has 1 aromatic heterocycles. The Balaban J connectivity index is 1.70. The van der Waals surface area contributed by atoms with E-state index >= 15 is 0 Å². The Bertz CT molecular complexity index is 984. The van der Waals surface area contributed by atoms with E-state index in [2.05, 4.69) is 15.6 Å². The van der Waals surface area contributed by atoms with Crippen LogP contribution < -0.4 is 20.1 Å². The highest BCUT2D eigenvalue weighted by Gasteiger charge is 2.18. The van der Waals surface area contributed by atoms with E-state index in [0.717, 1.165) is 5.56 Å². The van der Waals surface area contributed by atoms with Crippen molar-refractivity contribution in [1.82, 2.24) is 10.3 Å². The van der Waals surface area contributed by atoms with Crippen LogP contribution in [0.2, 0.25) is 0 Å². The number of nitrogens with zero attached hydrogens (tertiary/aromatic N) is 1. The number of methoxy groups -OCH3 is 2. The Morgan fingerprint density at radius 1 is 0.931 bits per heavy atom. The fraction of sp³-hybridized carbons (Fsp3) is 0.136. The lowest BCUT2D eigenvalue weighted by atomic mass is 10.1. The highest BCUT2D eigenvalue weighted by Crippen LogP contribution is 2.29. The molecular weight excluding hydrogens is 370 g/mol. The van der Waals surface area contributed by atoms with Gasteiger partial charge >= 0.3 is 0 Å². The van der Waals surface area contributed by atoms with E-state index in [1.54, 1.807) is 54.7 Å². The van der Waals surface area contributed by atoms with Gasteiger partial charge in [0.1, 0.15) is 17.1 Å². The van der Waals surface area contributed by atoms with E-state index in [1.165, 1.54) is 20.4 Å². The first-order valence-corrected chi connectivity index (χ1v) is 8.92. The Kier molecular flexibility index (Phi) is 6.42. The van der Waals surface area contributed by atoms with Gasteiger partial charge in [-0.15, -0.1) is 0 Å². The third kappa shape index (κ3) is 4.90. The maximum Gasteiger partial charge on any atom is 0.263 e. The van der Waals surface area contributed by atoms with Crippen LogP contribution in [-0.4, -0.2) is 31.0 Å². The van der Waals surface area contributed by atoms with Crippen molar-refractivity contribution in [1.29, 1.82) is 0 Å². The molecule has 7 heteroatoms. The van der Waals surface area contributed by atoms with Crippen LogP contribution in [0.15, 0.2) is 67.0 Å². The van der Waals surface area contributed by atoms with E-state index < -0.39 is 0 Å². The largest absolute Gasteiger partial charge is 0.496 e. The minimum Gasteiger partial charge on any atom is -0.496 e. The molecule has 0 saturated heterocycles. The van der Waals surface area contributed by atoms with Gasteiger partial charge in [0.25, 0.3) is 11.8 Å². The van der Waals surface area contributed by atoms with Crippen molar-refractivity contribution in [2.45, 2.75) is 6.54 Å². The second-order valence-electron chi connectivity index (χ2n) is 6.12. The van der Waals surface area contributed by atoms with Gasteiger partial charge in [-0.05, 0) is 42.0 Å². The number of hydrogen-bond acceptors (Lipinski definition) is 5. The molecular formula is C22H21N3O4. The first-order chi connectivity index (χ1) is 14.1. The Hall–Kier alpha value is -3.87. The highest BCUT2D eigenvalue weighted by atomic mass is 16.5. The van der Waals surface area contributed by atoms with Gasteiger partial charge in [0.15, 0.2) is 0 Å². The summed E-state index contributed by atoms with van der Waals surface area (Å²) < 4.78 is 10.6. The van der Waals surface area contributed by atoms with Crippen molar-refractivity contribution in [2.75, 3.05) is 19.5 Å². The third-order valence-corrected chi connectivity index (χ3v) is 4.22. The quantitative estimate of drug-likeness (QED) is 0.645. The third-order valence-electron chi connectivity index (χ3n) is 4.22. The fourth-order valence-corrected chi connectivity index (χ4v) is 2.81. The normalized spacial score (nSPS) is 10.1. The molecule has 7 nitrogen and oxygen atoms in total. The van der Waals surface area contributed by atoms with Crippen LogP contribution in [-0.2, 0) is 6.54 Å². The van der Waals surface area contributed by atoms with E-state index in [9.17, 15) is 9.59 Å². The summed E-state index contributed by atoms with van der Waals surface area (Å²) >= 11 is 0. The van der Waals surface area contributed by atoms with Crippen molar-refractivity contribution in [3.8, 4) is 11.5 Å². The summed E-state index contributed by atoms with van der Waals surface area (Å²) in [5, 5.41) is 5.68. The lowest BCUT2D eigenvalue weighted by Gasteiger charge is -2.13. The lowest BCUT2D eigenvalue weighted by molar-refractivity contribution is 0.0949. The van der Waals surface area contributed by atoms with Gasteiger partial charge in [-0.25, -0.2) is 0 Å². The number of amides is 2. The van der Waals surface area contributed by atoms with Crippen LogP contribution in [0.3, 0.4) is 0 Å². The summed E-state index contributed by atoms with van der Waals surface area (Å²) in [7, 11) is 2.99. The van der Waals surface area contributed by atoms with Crippen molar-refractivity contribution >= 4 is 17.5 Å². The number of pyridine rings is 1. The van der Waals surface area contributed by atoms with E-state index in [4.69, 9.17) is 9.47 Å². The summed E-state index contributed by atoms with van der Waals surface area (Å²) in [6.07, 6.45) is 3.12. The molecule has 2 N–H and O–H groups in total. The smallest absolute Gasteiger partial charge is 0.263 e. The zero-order valence-electron chi connectivity index (χ0n) is 16.1. The van der Waals surface area contributed by atoms with Crippen LogP contribution in [0.25, 0.3) is 0 Å². The number of anilines is 1. The summed E-state index contributed by atoms with van der Waals surface area (Å²) in [6.45, 7) is 0.315. The van der Waals surface area contributed by atoms with Gasteiger partial charge in [-0.3, -0.25) is 14.6 Å². The number of rotatable bonds is 7. The fourth-order valence-electron chi connectivity index (χ4n) is 2.81. The monoisotopic (exact) mass is 391 g/mol. The molecule has 0 aliphatic carbocycles. The molecule has 148 valence electrons. The molecule has 0 fully saturated rings. The lowest BCUT2D eigenvalue weighted by Crippen LogP contribution is -2.23. The average molecular weight is 391 g/mol. The van der Waals surface area contributed by atoms with Crippen LogP contribution in [0.5, 0.6) is 11.5 Å². The Labute approximate surface area is 168 Å². The molecule has 0 bridgehead atoms. The number of hydrogen-bond donors (Lipinski definition) is 2. The SMILES string of the molecule is COc1cccc(OC)c1C(=O)Nc1cccc(CNC(=O)c2cccnc2)c1. The number of nitrogens with one attached hydrogen (secondary N) is 2. The molecule has 2 aromatic carbocycles. The number of carbonyl (C=O) groups excluding carboxylic acids is 2. The topological polar surface area (TPSA) is 89.5 Å². The van der Waals surface area contributed by atoms with E-state index in [1.807, 2.05) is 6.07 Å². The van der Waals surface area contributed by atoms with Gasteiger partial charge in [0.05, 0.1) is 19.8 Å². The molecule has 0 atom stereocenters. The second kappa shape index (κ2) is 9.36. The summed E-state index contributed by atoms with van der Waals surface area (Å²) in [5.41, 5.74) is 2.23. The maximum atomic E-state index is 12.8. The standard InChI is InChI=1S/C22H21N3O4/c1-28-18-9-4-10-19(29-2)20(18)22(27)25-17-8-3-6-15(12-17)13-24-21(26)16-7-5-11-23-14-16/h3-12,14H,13H2,1-2H3,(H,24,26)(H,25,27). The Morgan fingerprint density at radius 2 is 1.66 bits per heavy atom. The van der Waals surface area contributed by atoms with Crippen molar-refractivity contribution in [3.05, 3.63) is 83.7 Å². The van der Waals surface area contributed by atoms with Gasteiger partial charge in [0, 0.05) is 24.6 Å². The van der Waals surface area contributed by atoms with Gasteiger partial charge in [-0.2, -0.15) is 0 Å². The second-order valence-corrected chi connectivity index (χ2v) is 6.12. The van der Waals surface area contributed by atoms with Crippen LogP contribution >= 0.6 is 0 Å². The predicted octanol–water partition coefficient (Wildman–Crippen LogP) is 3.28. The van der Waals surface area contributed by atoms with Crippen LogP contribution in [0.4, 0.5) is 5.69 Å². The van der Waals surface area contributed by atoms with Gasteiger partial charge in [0.2, 0.25) is 0 Å². The van der Waals surface area contributed by atoms with Crippen LogP contribution in [0.1, 0.15) is 26.3 Å². The van der Waals surface area contributed by atoms with Gasteiger partial charge in [-0.1, -0.05) is 18.2 Å². The number of carbonyl (C=O) groups is 2. The van der Waals surface area contributed by atoms with Crippen molar-refractivity contribution < 1.29 is 19.1 Å². The summed E-state index contributed by atoms with van der Waals surface area (Å²) in [5.74, 6) is 0.269. The predicted molar refractivity (Wildman–Crippen MR) is 109 cm³/mol. The molecule has 3 rings (SSSR count). The molecule has 0 aliphatic rings. The summed E-state index contributed by atoms with van der Waals surface area (Å²) in [6, 6.07) is 15.8. The van der Waals surface area contributed by atoms with E-state index in [-0.39, 0.29) is 11.8 Å². The molecule has 0 spiro atoms. The zero-order valence-corrected chi connectivity index (χ0v) is 16.1. The molecule has 1 heterocycles. The molecule has 3 aromatic rings. The highest BCUT2D eigenvalue weighted by molar-refractivity contribution is 6.08. The van der Waals surface area contributed by atoms with Gasteiger partial charge < -0.3 is 20.1 Å². The minimum absolute atomic E-state index is 0.216. The molecule has 0 radical (unpaired) electrons. The number of aromatic nitrogens is 1. The van der Waals surface area contributed by atoms with Crippen molar-refractivity contribution in [3.63, 3.8) is 0 Å². The summed E-state index contributed by atoms with van der Waals surface area (Å²) in [4.78, 5) is 28.9. The maximum absolute atomic E-state index is 12.8. The molecule has 0 aliphatic heterocycles.